The van der Waals surface area contributed by atoms with Gasteiger partial charge < -0.3 is 0 Å². The summed E-state index contributed by atoms with van der Waals surface area (Å²) >= 11 is 25.0. The van der Waals surface area contributed by atoms with E-state index < -0.39 is 44.2 Å². The van der Waals surface area contributed by atoms with E-state index >= 15 is 0 Å². The van der Waals surface area contributed by atoms with Crippen molar-refractivity contribution in [2.45, 2.75) is 68.0 Å². The molecule has 2 rings (SSSR count). The number of aliphatic imine (C=N–C) groups is 1. The van der Waals surface area contributed by atoms with Crippen molar-refractivity contribution >= 4 is 69.9 Å². The molecule has 0 spiro atoms. The molecule has 1 aliphatic rings. The van der Waals surface area contributed by atoms with Crippen LogP contribution in [0.2, 0.25) is 0 Å². The number of nitrogens with zero attached hydrogens (tertiary/aromatic N) is 4. The second-order valence-corrected chi connectivity index (χ2v) is 12.3. The number of amidine groups is 1. The van der Waals surface area contributed by atoms with Crippen LogP contribution in [0.5, 0.6) is 0 Å². The third-order valence-electron chi connectivity index (χ3n) is 4.82. The first-order chi connectivity index (χ1) is 14.4. The van der Waals surface area contributed by atoms with Gasteiger partial charge in [0.15, 0.2) is 0 Å². The Hall–Kier alpha value is -1.12. The highest BCUT2D eigenvalue weighted by atomic mass is 35.6. The lowest BCUT2D eigenvalue weighted by Crippen LogP contribution is -2.61. The number of alkyl halides is 4. The van der Waals surface area contributed by atoms with Crippen molar-refractivity contribution in [3.63, 3.8) is 0 Å². The summed E-state index contributed by atoms with van der Waals surface area (Å²) in [5.41, 5.74) is -1.21. The molecule has 32 heavy (non-hydrogen) atoms. The van der Waals surface area contributed by atoms with Crippen LogP contribution in [-0.2, 0) is 4.79 Å². The molecule has 0 aromatic heterocycles. The van der Waals surface area contributed by atoms with Crippen LogP contribution in [0.15, 0.2) is 29.3 Å². The van der Waals surface area contributed by atoms with Gasteiger partial charge in [-0.05, 0) is 53.7 Å². The maximum atomic E-state index is 14.6. The fourth-order valence-corrected chi connectivity index (χ4v) is 4.39. The molecule has 3 amide bonds. The minimum atomic E-state index is -1.95. The molecule has 178 valence electrons. The van der Waals surface area contributed by atoms with Crippen molar-refractivity contribution in [3.05, 3.63) is 30.1 Å². The smallest absolute Gasteiger partial charge is 0.271 e. The standard InChI is InChI=1S/C21H27Cl4FN4O2/c1-19(2,3)30(20(4,5)6)15(14(22)21(23,24)25)27-16-17(31)28(7)18(32)29(16)13-11-9-8-10-12(13)26/h8-11,14-15H,1-7H3. The summed E-state index contributed by atoms with van der Waals surface area (Å²) in [7, 11) is 1.29. The van der Waals surface area contributed by atoms with E-state index in [1.165, 1.54) is 25.2 Å². The molecule has 0 aliphatic carbocycles. The van der Waals surface area contributed by atoms with E-state index in [-0.39, 0.29) is 11.5 Å². The van der Waals surface area contributed by atoms with Gasteiger partial charge in [-0.25, -0.2) is 19.1 Å². The Labute approximate surface area is 208 Å². The summed E-state index contributed by atoms with van der Waals surface area (Å²) in [5, 5.41) is -1.21. The van der Waals surface area contributed by atoms with E-state index in [2.05, 4.69) is 4.99 Å². The number of carbonyl (C=O) groups is 2. The van der Waals surface area contributed by atoms with Crippen LogP contribution in [-0.4, -0.2) is 61.0 Å². The number of amides is 3. The fraction of sp³-hybridized carbons (Fsp3) is 0.571. The zero-order valence-corrected chi connectivity index (χ0v) is 22.0. The van der Waals surface area contributed by atoms with Crippen LogP contribution in [0, 0.1) is 5.82 Å². The maximum Gasteiger partial charge on any atom is 0.337 e. The number of rotatable bonds is 4. The number of halogens is 5. The Kier molecular flexibility index (Phi) is 7.85. The van der Waals surface area contributed by atoms with E-state index in [1.54, 1.807) is 6.07 Å². The van der Waals surface area contributed by atoms with Gasteiger partial charge in [0.25, 0.3) is 5.91 Å². The topological polar surface area (TPSA) is 56.2 Å². The second kappa shape index (κ2) is 9.26. The highest BCUT2D eigenvalue weighted by Gasteiger charge is 2.49. The maximum absolute atomic E-state index is 14.6. The molecule has 1 aromatic rings. The summed E-state index contributed by atoms with van der Waals surface area (Å²) in [6.07, 6.45) is -1.06. The molecule has 2 unspecified atom stereocenters. The van der Waals surface area contributed by atoms with Crippen molar-refractivity contribution < 1.29 is 14.0 Å². The Morgan fingerprint density at radius 3 is 1.94 bits per heavy atom. The quantitative estimate of drug-likeness (QED) is 0.366. The van der Waals surface area contributed by atoms with Crippen LogP contribution in [0.25, 0.3) is 0 Å². The lowest BCUT2D eigenvalue weighted by Gasteiger charge is -2.50. The molecule has 11 heteroatoms. The number of benzene rings is 1. The molecule has 1 saturated heterocycles. The lowest BCUT2D eigenvalue weighted by atomic mass is 9.94. The van der Waals surface area contributed by atoms with Crippen molar-refractivity contribution in [2.24, 2.45) is 4.99 Å². The van der Waals surface area contributed by atoms with Gasteiger partial charge in [0, 0.05) is 18.1 Å². The van der Waals surface area contributed by atoms with Crippen LogP contribution in [0.1, 0.15) is 41.5 Å². The van der Waals surface area contributed by atoms with Crippen molar-refractivity contribution in [3.8, 4) is 0 Å². The highest BCUT2D eigenvalue weighted by molar-refractivity contribution is 6.70. The summed E-state index contributed by atoms with van der Waals surface area (Å²) in [5.74, 6) is -1.73. The number of para-hydroxylation sites is 1. The first-order valence-electron chi connectivity index (χ1n) is 9.83. The van der Waals surface area contributed by atoms with Crippen molar-refractivity contribution in [1.29, 1.82) is 0 Å². The summed E-state index contributed by atoms with van der Waals surface area (Å²) in [6, 6.07) is 4.83. The SMILES string of the molecule is CN1C(=O)C(=NC(C(Cl)C(Cl)(Cl)Cl)N(C(C)(C)C)C(C)(C)C)N(c2ccccc2F)C1=O. The first kappa shape index (κ1) is 27.1. The van der Waals surface area contributed by atoms with E-state index in [9.17, 15) is 14.0 Å². The molecule has 1 heterocycles. The molecule has 1 aromatic carbocycles. The zero-order valence-electron chi connectivity index (χ0n) is 19.0. The van der Waals surface area contributed by atoms with Crippen LogP contribution >= 0.6 is 46.4 Å². The van der Waals surface area contributed by atoms with Crippen LogP contribution < -0.4 is 4.90 Å². The predicted octanol–water partition coefficient (Wildman–Crippen LogP) is 5.83. The van der Waals surface area contributed by atoms with Gasteiger partial charge in [0.1, 0.15) is 17.4 Å². The van der Waals surface area contributed by atoms with E-state index in [1.807, 2.05) is 46.4 Å². The third-order valence-corrected chi connectivity index (χ3v) is 6.41. The number of anilines is 1. The van der Waals surface area contributed by atoms with E-state index in [4.69, 9.17) is 46.4 Å². The molecule has 1 aliphatic heterocycles. The molecule has 6 nitrogen and oxygen atoms in total. The third kappa shape index (κ3) is 5.50. The zero-order chi connectivity index (χ0) is 24.8. The number of likely N-dealkylation sites (N-methyl/N-ethyl adjacent to an activating group) is 1. The monoisotopic (exact) mass is 526 g/mol. The molecular formula is C21H27Cl4FN4O2. The van der Waals surface area contributed by atoms with Gasteiger partial charge in [-0.1, -0.05) is 46.9 Å². The predicted molar refractivity (Wildman–Crippen MR) is 130 cm³/mol. The van der Waals surface area contributed by atoms with Gasteiger partial charge in [-0.3, -0.25) is 14.6 Å². The minimum absolute atomic E-state index is 0.120. The minimum Gasteiger partial charge on any atom is -0.271 e. The Morgan fingerprint density at radius 2 is 1.50 bits per heavy atom. The summed E-state index contributed by atoms with van der Waals surface area (Å²) in [6.45, 7) is 11.6. The molecule has 0 saturated carbocycles. The number of hydrogen-bond donors (Lipinski definition) is 0. The molecule has 1 fully saturated rings. The molecular weight excluding hydrogens is 501 g/mol. The molecule has 0 bridgehead atoms. The van der Waals surface area contributed by atoms with Crippen molar-refractivity contribution in [2.75, 3.05) is 11.9 Å². The van der Waals surface area contributed by atoms with Gasteiger partial charge in [-0.2, -0.15) is 0 Å². The number of imide groups is 1. The summed E-state index contributed by atoms with van der Waals surface area (Å²) in [4.78, 5) is 34.1. The van der Waals surface area contributed by atoms with Crippen molar-refractivity contribution in [1.82, 2.24) is 9.80 Å². The number of carbonyl (C=O) groups excluding carboxylic acids is 2. The largest absolute Gasteiger partial charge is 0.337 e. The van der Waals surface area contributed by atoms with Gasteiger partial charge in [0.05, 0.1) is 5.69 Å². The van der Waals surface area contributed by atoms with E-state index in [0.717, 1.165) is 9.80 Å². The lowest BCUT2D eigenvalue weighted by molar-refractivity contribution is -0.119. The second-order valence-electron chi connectivity index (χ2n) is 9.45. The highest BCUT2D eigenvalue weighted by Crippen LogP contribution is 2.41. The average molecular weight is 528 g/mol. The van der Waals surface area contributed by atoms with Gasteiger partial charge in [0.2, 0.25) is 9.63 Å². The molecule has 0 N–H and O–H groups in total. The molecule has 2 atom stereocenters. The van der Waals surface area contributed by atoms with Crippen LogP contribution in [0.4, 0.5) is 14.9 Å². The Morgan fingerprint density at radius 1 is 1.00 bits per heavy atom. The Balaban J connectivity index is 2.79. The number of urea groups is 1. The average Bonchev–Trinajstić information content (AvgIpc) is 2.82. The van der Waals surface area contributed by atoms with Gasteiger partial charge >= 0.3 is 6.03 Å². The van der Waals surface area contributed by atoms with E-state index in [0.29, 0.717) is 0 Å². The fourth-order valence-electron chi connectivity index (χ4n) is 3.88. The van der Waals surface area contributed by atoms with Crippen LogP contribution in [0.3, 0.4) is 0 Å². The summed E-state index contributed by atoms with van der Waals surface area (Å²) < 4.78 is 12.6. The molecule has 0 radical (unpaired) electrons. The van der Waals surface area contributed by atoms with Gasteiger partial charge in [-0.15, -0.1) is 11.6 Å². The number of hydrogen-bond acceptors (Lipinski definition) is 4. The Bertz CT molecular complexity index is 908. The first-order valence-corrected chi connectivity index (χ1v) is 11.4. The normalized spacial score (nSPS) is 19.3.